The van der Waals surface area contributed by atoms with E-state index in [-0.39, 0.29) is 11.6 Å². The fraction of sp³-hybridized carbons (Fsp3) is 0.292. The summed E-state index contributed by atoms with van der Waals surface area (Å²) < 4.78 is 32.2. The smallest absolute Gasteiger partial charge is 0.340 e. The van der Waals surface area contributed by atoms with Crippen molar-refractivity contribution in [2.24, 2.45) is 0 Å². The van der Waals surface area contributed by atoms with Gasteiger partial charge in [-0.1, -0.05) is 11.6 Å². The van der Waals surface area contributed by atoms with Crippen LogP contribution in [0.2, 0.25) is 5.02 Å². The molecule has 1 aliphatic rings. The molecule has 0 fully saturated rings. The normalized spacial score (nSPS) is 12.2. The molecule has 162 valence electrons. The van der Waals surface area contributed by atoms with Crippen LogP contribution in [-0.2, 0) is 17.7 Å². The Kier molecular flexibility index (Phi) is 5.67. The summed E-state index contributed by atoms with van der Waals surface area (Å²) in [5.74, 6) is 0.329. The first kappa shape index (κ1) is 21.2. The van der Waals surface area contributed by atoms with Crippen LogP contribution in [0.1, 0.15) is 28.5 Å². The second-order valence-electron chi connectivity index (χ2n) is 7.29. The fourth-order valence-electron chi connectivity index (χ4n) is 4.30. The van der Waals surface area contributed by atoms with Gasteiger partial charge in [0.05, 0.1) is 37.1 Å². The second-order valence-corrected chi connectivity index (χ2v) is 7.70. The first-order valence-corrected chi connectivity index (χ1v) is 10.4. The Balaban J connectivity index is 2.06. The van der Waals surface area contributed by atoms with Crippen LogP contribution < -0.4 is 9.47 Å². The number of ether oxygens (including phenoxy) is 3. The topological polar surface area (TPSA) is 49.7 Å². The molecule has 0 N–H and O–H groups in total. The van der Waals surface area contributed by atoms with Gasteiger partial charge in [0.25, 0.3) is 0 Å². The third-order valence-electron chi connectivity index (χ3n) is 5.67. The summed E-state index contributed by atoms with van der Waals surface area (Å²) in [6.45, 7) is 4.61. The number of hydrogen-bond acceptors (Lipinski definition) is 4. The molecule has 1 aliphatic heterocycles. The van der Waals surface area contributed by atoms with Gasteiger partial charge in [0, 0.05) is 28.9 Å². The van der Waals surface area contributed by atoms with E-state index < -0.39 is 11.8 Å². The maximum atomic E-state index is 13.7. The van der Waals surface area contributed by atoms with Gasteiger partial charge in [-0.15, -0.1) is 0 Å². The number of nitrogens with zero attached hydrogens (tertiary/aromatic N) is 1. The number of aromatic nitrogens is 1. The second kappa shape index (κ2) is 8.27. The van der Waals surface area contributed by atoms with E-state index in [2.05, 4.69) is 4.57 Å². The number of methoxy groups -OCH3 is 2. The Morgan fingerprint density at radius 2 is 1.84 bits per heavy atom. The zero-order valence-electron chi connectivity index (χ0n) is 17.8. The van der Waals surface area contributed by atoms with Crippen molar-refractivity contribution in [2.75, 3.05) is 20.8 Å². The molecule has 2 aromatic carbocycles. The van der Waals surface area contributed by atoms with Gasteiger partial charge >= 0.3 is 5.97 Å². The third kappa shape index (κ3) is 3.45. The number of carbonyl (C=O) groups is 1. The zero-order chi connectivity index (χ0) is 22.3. The number of esters is 1. The molecule has 4 rings (SSSR count). The molecule has 7 heteroatoms. The Morgan fingerprint density at radius 1 is 1.13 bits per heavy atom. The summed E-state index contributed by atoms with van der Waals surface area (Å²) in [6.07, 6.45) is 0.761. The molecule has 1 aromatic heterocycles. The minimum absolute atomic E-state index is 0.234. The van der Waals surface area contributed by atoms with Gasteiger partial charge in [-0.05, 0) is 56.2 Å². The lowest BCUT2D eigenvalue weighted by Crippen LogP contribution is -2.15. The summed E-state index contributed by atoms with van der Waals surface area (Å²) in [5, 5.41) is 0.240. The minimum Gasteiger partial charge on any atom is -0.493 e. The molecule has 3 aromatic rings. The highest BCUT2D eigenvalue weighted by atomic mass is 35.5. The van der Waals surface area contributed by atoms with E-state index in [1.165, 1.54) is 12.1 Å². The van der Waals surface area contributed by atoms with E-state index >= 15 is 0 Å². The van der Waals surface area contributed by atoms with Crippen LogP contribution in [0.4, 0.5) is 4.39 Å². The van der Waals surface area contributed by atoms with Gasteiger partial charge in [-0.3, -0.25) is 0 Å². The first-order chi connectivity index (χ1) is 14.9. The number of rotatable bonds is 5. The van der Waals surface area contributed by atoms with Crippen molar-refractivity contribution in [3.63, 3.8) is 0 Å². The number of hydrogen-bond donors (Lipinski definition) is 0. The first-order valence-electron chi connectivity index (χ1n) is 10.0. The van der Waals surface area contributed by atoms with Gasteiger partial charge in [-0.25, -0.2) is 9.18 Å². The average Bonchev–Trinajstić information content (AvgIpc) is 3.05. The standard InChI is InChI=1S/C24H23ClFNO4/c1-5-31-24(28)22-21(16-7-6-15(26)11-18(16)25)13(2)27-9-8-14-10-19(29-3)20(30-4)12-17(14)23(22)27/h6-7,10-12H,5,8-9H2,1-4H3. The van der Waals surface area contributed by atoms with Gasteiger partial charge in [0.2, 0.25) is 0 Å². The van der Waals surface area contributed by atoms with E-state index in [0.29, 0.717) is 34.7 Å². The molecule has 0 spiro atoms. The van der Waals surface area contributed by atoms with Gasteiger partial charge in [-0.2, -0.15) is 0 Å². The Labute approximate surface area is 185 Å². The van der Waals surface area contributed by atoms with Crippen LogP contribution in [0.5, 0.6) is 11.5 Å². The summed E-state index contributed by atoms with van der Waals surface area (Å²) in [5.41, 5.74) is 5.19. The average molecular weight is 444 g/mol. The molecule has 31 heavy (non-hydrogen) atoms. The summed E-state index contributed by atoms with van der Waals surface area (Å²) in [4.78, 5) is 13.2. The van der Waals surface area contributed by atoms with Crippen LogP contribution in [-0.4, -0.2) is 31.4 Å². The minimum atomic E-state index is -0.447. The molecule has 0 aliphatic carbocycles. The van der Waals surface area contributed by atoms with Crippen molar-refractivity contribution in [2.45, 2.75) is 26.8 Å². The van der Waals surface area contributed by atoms with Crippen molar-refractivity contribution < 1.29 is 23.4 Å². The molecule has 0 bridgehead atoms. The predicted molar refractivity (Wildman–Crippen MR) is 118 cm³/mol. The lowest BCUT2D eigenvalue weighted by molar-refractivity contribution is 0.0528. The third-order valence-corrected chi connectivity index (χ3v) is 5.99. The largest absolute Gasteiger partial charge is 0.493 e. The van der Waals surface area contributed by atoms with Crippen molar-refractivity contribution in [3.05, 3.63) is 58.0 Å². The zero-order valence-corrected chi connectivity index (χ0v) is 18.6. The monoisotopic (exact) mass is 443 g/mol. The highest BCUT2D eigenvalue weighted by Gasteiger charge is 2.33. The number of carbonyl (C=O) groups excluding carboxylic acids is 1. The van der Waals surface area contributed by atoms with Crippen molar-refractivity contribution in [1.29, 1.82) is 0 Å². The van der Waals surface area contributed by atoms with E-state index in [9.17, 15) is 9.18 Å². The van der Waals surface area contributed by atoms with Crippen molar-refractivity contribution in [1.82, 2.24) is 4.57 Å². The maximum absolute atomic E-state index is 13.7. The molecule has 0 amide bonds. The molecule has 0 atom stereocenters. The van der Waals surface area contributed by atoms with E-state index in [1.807, 2.05) is 19.1 Å². The summed E-state index contributed by atoms with van der Waals surface area (Å²) in [7, 11) is 3.17. The molecule has 0 unspecified atom stereocenters. The molecular formula is C24H23ClFNO4. The van der Waals surface area contributed by atoms with Crippen LogP contribution in [0, 0.1) is 12.7 Å². The summed E-state index contributed by atoms with van der Waals surface area (Å²) >= 11 is 6.40. The van der Waals surface area contributed by atoms with E-state index in [4.69, 9.17) is 25.8 Å². The number of aryl methyl sites for hydroxylation is 1. The van der Waals surface area contributed by atoms with Crippen LogP contribution in [0.3, 0.4) is 0 Å². The van der Waals surface area contributed by atoms with Crippen LogP contribution in [0.15, 0.2) is 30.3 Å². The summed E-state index contributed by atoms with van der Waals surface area (Å²) in [6, 6.07) is 8.03. The van der Waals surface area contributed by atoms with Crippen LogP contribution in [0.25, 0.3) is 22.4 Å². The molecule has 0 saturated carbocycles. The molecular weight excluding hydrogens is 421 g/mol. The Bertz CT molecular complexity index is 1190. The molecule has 0 radical (unpaired) electrons. The fourth-order valence-corrected chi connectivity index (χ4v) is 4.56. The number of halogens is 2. The SMILES string of the molecule is CCOC(=O)c1c(-c2ccc(F)cc2Cl)c(C)n2c1-c1cc(OC)c(OC)cc1CC2. The number of benzene rings is 2. The molecule has 5 nitrogen and oxygen atoms in total. The quantitative estimate of drug-likeness (QED) is 0.476. The van der Waals surface area contributed by atoms with Gasteiger partial charge in [0.1, 0.15) is 5.82 Å². The van der Waals surface area contributed by atoms with Crippen LogP contribution >= 0.6 is 11.6 Å². The van der Waals surface area contributed by atoms with Crippen molar-refractivity contribution in [3.8, 4) is 33.9 Å². The lowest BCUT2D eigenvalue weighted by atomic mass is 9.93. The van der Waals surface area contributed by atoms with E-state index in [0.717, 1.165) is 28.9 Å². The predicted octanol–water partition coefficient (Wildman–Crippen LogP) is 5.67. The van der Waals surface area contributed by atoms with Gasteiger partial charge < -0.3 is 18.8 Å². The highest BCUT2D eigenvalue weighted by molar-refractivity contribution is 6.33. The number of fused-ring (bicyclic) bond motifs is 3. The Hall–Kier alpha value is -2.99. The van der Waals surface area contributed by atoms with Crippen molar-refractivity contribution >= 4 is 17.6 Å². The maximum Gasteiger partial charge on any atom is 0.340 e. The lowest BCUT2D eigenvalue weighted by Gasteiger charge is -2.23. The Morgan fingerprint density at radius 3 is 2.48 bits per heavy atom. The van der Waals surface area contributed by atoms with E-state index in [1.54, 1.807) is 27.2 Å². The molecule has 2 heterocycles. The van der Waals surface area contributed by atoms with Gasteiger partial charge in [0.15, 0.2) is 11.5 Å². The highest BCUT2D eigenvalue weighted by Crippen LogP contribution is 2.46. The molecule has 0 saturated heterocycles.